The predicted molar refractivity (Wildman–Crippen MR) is 106 cm³/mol. The van der Waals surface area contributed by atoms with Crippen molar-refractivity contribution in [3.05, 3.63) is 60.2 Å². The van der Waals surface area contributed by atoms with Gasteiger partial charge in [-0.1, -0.05) is 30.3 Å². The quantitative estimate of drug-likeness (QED) is 0.751. The van der Waals surface area contributed by atoms with E-state index in [0.29, 0.717) is 13.2 Å². The Kier molecular flexibility index (Phi) is 6.67. The molecule has 1 heterocycles. The Hall–Kier alpha value is -2.41. The summed E-state index contributed by atoms with van der Waals surface area (Å²) in [7, 11) is 1.62. The number of ether oxygens (including phenoxy) is 4. The Morgan fingerprint density at radius 3 is 2.54 bits per heavy atom. The zero-order valence-electron chi connectivity index (χ0n) is 16.5. The summed E-state index contributed by atoms with van der Waals surface area (Å²) in [5.41, 5.74) is 1.93. The lowest BCUT2D eigenvalue weighted by Gasteiger charge is -2.38. The standard InChI is InChI=1S/C22H27NO5/c1-22(2)27-15-20(24)21(28-22)19(14-26-13-16-7-5-4-6-8-16)23-17-9-11-18(25-3)12-10-17/h4-12,19,21,23H,13-15H2,1-3H3/t19-,21+/m1/s1. The molecule has 1 aliphatic rings. The number of ketones is 1. The van der Waals surface area contributed by atoms with Gasteiger partial charge < -0.3 is 24.3 Å². The van der Waals surface area contributed by atoms with Gasteiger partial charge in [0.2, 0.25) is 0 Å². The average Bonchev–Trinajstić information content (AvgIpc) is 2.70. The van der Waals surface area contributed by atoms with Gasteiger partial charge in [-0.3, -0.25) is 4.79 Å². The SMILES string of the molecule is COc1ccc(N[C@H](COCc2ccccc2)[C@@H]2OC(C)(C)OCC2=O)cc1. The van der Waals surface area contributed by atoms with Gasteiger partial charge in [0.05, 0.1) is 26.4 Å². The van der Waals surface area contributed by atoms with Crippen LogP contribution in [0.3, 0.4) is 0 Å². The highest BCUT2D eigenvalue weighted by atomic mass is 16.7. The summed E-state index contributed by atoms with van der Waals surface area (Å²) >= 11 is 0. The van der Waals surface area contributed by atoms with E-state index >= 15 is 0 Å². The maximum absolute atomic E-state index is 12.5. The monoisotopic (exact) mass is 385 g/mol. The van der Waals surface area contributed by atoms with Crippen molar-refractivity contribution in [2.24, 2.45) is 0 Å². The summed E-state index contributed by atoms with van der Waals surface area (Å²) in [5.74, 6) is -0.159. The molecule has 6 heteroatoms. The smallest absolute Gasteiger partial charge is 0.189 e. The van der Waals surface area contributed by atoms with E-state index in [1.165, 1.54) is 0 Å². The van der Waals surface area contributed by atoms with Crippen LogP contribution in [0.15, 0.2) is 54.6 Å². The summed E-state index contributed by atoms with van der Waals surface area (Å²) in [6.07, 6.45) is -0.665. The van der Waals surface area contributed by atoms with Crippen molar-refractivity contribution in [2.75, 3.05) is 25.6 Å². The molecule has 0 radical (unpaired) electrons. The first-order chi connectivity index (χ1) is 13.5. The Balaban J connectivity index is 1.71. The van der Waals surface area contributed by atoms with Crippen LogP contribution in [-0.4, -0.2) is 44.0 Å². The third-order valence-electron chi connectivity index (χ3n) is 4.51. The summed E-state index contributed by atoms with van der Waals surface area (Å²) in [6.45, 7) is 4.41. The van der Waals surface area contributed by atoms with E-state index < -0.39 is 11.9 Å². The molecule has 1 fully saturated rings. The number of carbonyl (C=O) groups excluding carboxylic acids is 1. The number of anilines is 1. The van der Waals surface area contributed by atoms with Crippen molar-refractivity contribution < 1.29 is 23.7 Å². The minimum absolute atomic E-state index is 0.0249. The van der Waals surface area contributed by atoms with E-state index in [4.69, 9.17) is 18.9 Å². The van der Waals surface area contributed by atoms with Crippen LogP contribution in [0.2, 0.25) is 0 Å². The van der Waals surface area contributed by atoms with E-state index in [2.05, 4.69) is 5.32 Å². The summed E-state index contributed by atoms with van der Waals surface area (Å²) < 4.78 is 22.5. The molecule has 28 heavy (non-hydrogen) atoms. The highest BCUT2D eigenvalue weighted by Crippen LogP contribution is 2.25. The maximum Gasteiger partial charge on any atom is 0.189 e. The van der Waals surface area contributed by atoms with Gasteiger partial charge in [-0.15, -0.1) is 0 Å². The molecule has 150 valence electrons. The third kappa shape index (κ3) is 5.55. The molecular formula is C22H27NO5. The van der Waals surface area contributed by atoms with E-state index in [0.717, 1.165) is 17.0 Å². The number of hydrogen-bond donors (Lipinski definition) is 1. The number of carbonyl (C=O) groups is 1. The molecule has 0 saturated carbocycles. The molecular weight excluding hydrogens is 358 g/mol. The third-order valence-corrected chi connectivity index (χ3v) is 4.51. The van der Waals surface area contributed by atoms with Crippen LogP contribution in [0.25, 0.3) is 0 Å². The molecule has 0 unspecified atom stereocenters. The van der Waals surface area contributed by atoms with Crippen LogP contribution in [0, 0.1) is 0 Å². The number of nitrogens with one attached hydrogen (secondary N) is 1. The van der Waals surface area contributed by atoms with Gasteiger partial charge >= 0.3 is 0 Å². The summed E-state index contributed by atoms with van der Waals surface area (Å²) in [4.78, 5) is 12.5. The van der Waals surface area contributed by atoms with E-state index in [-0.39, 0.29) is 18.4 Å². The number of Topliss-reactive ketones (excluding diaryl/α,β-unsaturated/α-hetero) is 1. The average molecular weight is 385 g/mol. The van der Waals surface area contributed by atoms with Gasteiger partial charge in [0, 0.05) is 5.69 Å². The van der Waals surface area contributed by atoms with Crippen molar-refractivity contribution in [3.8, 4) is 5.75 Å². The summed E-state index contributed by atoms with van der Waals surface area (Å²) in [5, 5.41) is 3.37. The minimum Gasteiger partial charge on any atom is -0.497 e. The molecule has 0 spiro atoms. The lowest BCUT2D eigenvalue weighted by Crippen LogP contribution is -2.54. The maximum atomic E-state index is 12.5. The molecule has 0 aliphatic carbocycles. The molecule has 1 saturated heterocycles. The first-order valence-corrected chi connectivity index (χ1v) is 9.33. The largest absolute Gasteiger partial charge is 0.497 e. The molecule has 3 rings (SSSR count). The number of methoxy groups -OCH3 is 1. The molecule has 1 N–H and O–H groups in total. The molecule has 0 aromatic heterocycles. The fourth-order valence-corrected chi connectivity index (χ4v) is 3.02. The van der Waals surface area contributed by atoms with Gasteiger partial charge in [0.1, 0.15) is 18.5 Å². The summed E-state index contributed by atoms with van der Waals surface area (Å²) in [6, 6.07) is 17.1. The fraction of sp³-hybridized carbons (Fsp3) is 0.409. The highest BCUT2D eigenvalue weighted by molar-refractivity contribution is 5.86. The topological polar surface area (TPSA) is 66.0 Å². The predicted octanol–water partition coefficient (Wildman–Crippen LogP) is 3.41. The van der Waals surface area contributed by atoms with E-state index in [1.54, 1.807) is 7.11 Å². The normalized spacial score (nSPS) is 19.8. The lowest BCUT2D eigenvalue weighted by atomic mass is 10.0. The second kappa shape index (κ2) is 9.19. The van der Waals surface area contributed by atoms with Crippen LogP contribution >= 0.6 is 0 Å². The van der Waals surface area contributed by atoms with Crippen LogP contribution in [-0.2, 0) is 25.6 Å². The Morgan fingerprint density at radius 1 is 1.14 bits per heavy atom. The number of rotatable bonds is 8. The molecule has 2 aromatic carbocycles. The molecule has 2 aromatic rings. The van der Waals surface area contributed by atoms with Gasteiger partial charge in [-0.25, -0.2) is 0 Å². The zero-order chi connectivity index (χ0) is 20.0. The van der Waals surface area contributed by atoms with E-state index in [1.807, 2.05) is 68.4 Å². The van der Waals surface area contributed by atoms with E-state index in [9.17, 15) is 4.79 Å². The van der Waals surface area contributed by atoms with Crippen molar-refractivity contribution in [2.45, 2.75) is 38.4 Å². The van der Waals surface area contributed by atoms with Crippen LogP contribution in [0.4, 0.5) is 5.69 Å². The van der Waals surface area contributed by atoms with Crippen LogP contribution in [0.1, 0.15) is 19.4 Å². The molecule has 0 amide bonds. The van der Waals surface area contributed by atoms with Gasteiger partial charge in [0.15, 0.2) is 11.6 Å². The second-order valence-corrected chi connectivity index (χ2v) is 7.17. The molecule has 2 atom stereocenters. The second-order valence-electron chi connectivity index (χ2n) is 7.17. The van der Waals surface area contributed by atoms with Crippen molar-refractivity contribution in [1.29, 1.82) is 0 Å². The first kappa shape index (κ1) is 20.3. The van der Waals surface area contributed by atoms with Crippen LogP contribution in [0.5, 0.6) is 5.75 Å². The molecule has 6 nitrogen and oxygen atoms in total. The van der Waals surface area contributed by atoms with Gasteiger partial charge in [-0.2, -0.15) is 0 Å². The highest BCUT2D eigenvalue weighted by Gasteiger charge is 2.40. The van der Waals surface area contributed by atoms with Crippen molar-refractivity contribution in [3.63, 3.8) is 0 Å². The number of benzene rings is 2. The number of hydrogen-bond acceptors (Lipinski definition) is 6. The van der Waals surface area contributed by atoms with Gasteiger partial charge in [0.25, 0.3) is 0 Å². The Morgan fingerprint density at radius 2 is 1.86 bits per heavy atom. The van der Waals surface area contributed by atoms with Crippen LogP contribution < -0.4 is 10.1 Å². The minimum atomic E-state index is -0.822. The van der Waals surface area contributed by atoms with Crippen molar-refractivity contribution in [1.82, 2.24) is 0 Å². The first-order valence-electron chi connectivity index (χ1n) is 9.33. The molecule has 1 aliphatic heterocycles. The zero-order valence-corrected chi connectivity index (χ0v) is 16.5. The van der Waals surface area contributed by atoms with Gasteiger partial charge in [-0.05, 0) is 43.7 Å². The fourth-order valence-electron chi connectivity index (χ4n) is 3.02. The Bertz CT molecular complexity index is 760. The lowest BCUT2D eigenvalue weighted by molar-refractivity contribution is -0.261. The van der Waals surface area contributed by atoms with Crippen molar-refractivity contribution >= 4 is 11.5 Å². The Labute approximate surface area is 165 Å². The molecule has 0 bridgehead atoms.